The molecule has 0 atom stereocenters. The molecule has 6 heterocycles. The van der Waals surface area contributed by atoms with Crippen LogP contribution in [0.1, 0.15) is 39.9 Å². The predicted octanol–water partition coefficient (Wildman–Crippen LogP) is 8.40. The molecule has 0 unspecified atom stereocenters. The van der Waals surface area contributed by atoms with Crippen molar-refractivity contribution < 1.29 is 9.13 Å². The second-order valence-corrected chi connectivity index (χ2v) is 12.3. The molecule has 0 saturated carbocycles. The number of aromatic nitrogens is 4. The molecule has 45 heavy (non-hydrogen) atoms. The van der Waals surface area contributed by atoms with Gasteiger partial charge in [-0.1, -0.05) is 60.7 Å². The van der Waals surface area contributed by atoms with Crippen molar-refractivity contribution in [3.05, 3.63) is 143 Å². The number of nitrogens with zero attached hydrogens (tertiary/aromatic N) is 2. The van der Waals surface area contributed by atoms with Crippen molar-refractivity contribution in [1.82, 2.24) is 9.97 Å². The molecule has 2 aliphatic rings. The lowest BCUT2D eigenvalue weighted by Crippen LogP contribution is -2.43. The van der Waals surface area contributed by atoms with Crippen LogP contribution < -0.4 is 9.13 Å². The first-order chi connectivity index (χ1) is 22.3. The van der Waals surface area contributed by atoms with Crippen molar-refractivity contribution >= 4 is 46.1 Å². The number of fused-ring (bicyclic) bond motifs is 9. The van der Waals surface area contributed by atoms with E-state index in [0.29, 0.717) is 0 Å². The number of benzene rings is 3. The average molecular weight is 583 g/mol. The highest BCUT2D eigenvalue weighted by Crippen LogP contribution is 2.39. The lowest BCUT2D eigenvalue weighted by atomic mass is 9.86. The van der Waals surface area contributed by atoms with E-state index in [-0.39, 0.29) is 0 Å². The van der Waals surface area contributed by atoms with Crippen LogP contribution in [0, 0.1) is 0 Å². The number of H-pyrrole nitrogens is 2. The standard InChI is InChI=1S/C41H32N4/c1-3-11-36-34(9-1)31(26-42-36)15-14-28-20-23-44-22-6-7-29-16-17-30-21-24-45-33(8-5-13-38(45)40(30)41(29)39(44)25-28)19-18-32-27-43-37-12-4-2-10-35(32)37/h1-5,8-20,23,25-27H,6-7,21-22,24H2/p+2. The third-order valence-electron chi connectivity index (χ3n) is 9.65. The van der Waals surface area contributed by atoms with Crippen molar-refractivity contribution in [1.29, 1.82) is 0 Å². The third-order valence-corrected chi connectivity index (χ3v) is 9.65. The van der Waals surface area contributed by atoms with Crippen molar-refractivity contribution in [2.45, 2.75) is 32.4 Å². The minimum Gasteiger partial charge on any atom is -0.361 e. The molecule has 4 heteroatoms. The van der Waals surface area contributed by atoms with Crippen molar-refractivity contribution in [2.24, 2.45) is 0 Å². The van der Waals surface area contributed by atoms with Gasteiger partial charge in [-0.05, 0) is 58.5 Å². The van der Waals surface area contributed by atoms with Crippen molar-refractivity contribution in [3.63, 3.8) is 0 Å². The number of para-hydroxylation sites is 2. The Labute approximate surface area is 262 Å². The van der Waals surface area contributed by atoms with Crippen LogP contribution in [0.2, 0.25) is 0 Å². The topological polar surface area (TPSA) is 39.3 Å². The molecule has 4 aromatic heterocycles. The molecule has 0 amide bonds. The van der Waals surface area contributed by atoms with Crippen LogP contribution >= 0.6 is 0 Å². The largest absolute Gasteiger partial charge is 0.361 e. The maximum atomic E-state index is 3.41. The van der Waals surface area contributed by atoms with E-state index in [4.69, 9.17) is 0 Å². The first-order valence-corrected chi connectivity index (χ1v) is 16.0. The lowest BCUT2D eigenvalue weighted by molar-refractivity contribution is -0.689. The maximum absolute atomic E-state index is 3.41. The lowest BCUT2D eigenvalue weighted by Gasteiger charge is -2.20. The van der Waals surface area contributed by atoms with Crippen LogP contribution in [-0.2, 0) is 25.9 Å². The van der Waals surface area contributed by atoms with Gasteiger partial charge < -0.3 is 9.97 Å². The summed E-state index contributed by atoms with van der Waals surface area (Å²) in [6.45, 7) is 2.00. The second-order valence-electron chi connectivity index (χ2n) is 12.3. The fraction of sp³-hybridized carbons (Fsp3) is 0.122. The zero-order valence-corrected chi connectivity index (χ0v) is 25.1. The normalized spacial score (nSPS) is 14.0. The highest BCUT2D eigenvalue weighted by atomic mass is 15.0. The van der Waals surface area contributed by atoms with Gasteiger partial charge in [0.1, 0.15) is 6.54 Å². The molecule has 0 bridgehead atoms. The van der Waals surface area contributed by atoms with Crippen molar-refractivity contribution in [3.8, 4) is 22.5 Å². The molecule has 4 nitrogen and oxygen atoms in total. The molecule has 0 fully saturated rings. The fourth-order valence-electron chi connectivity index (χ4n) is 7.42. The molecular weight excluding hydrogens is 548 g/mol. The van der Waals surface area contributed by atoms with Crippen LogP contribution in [0.3, 0.4) is 0 Å². The summed E-state index contributed by atoms with van der Waals surface area (Å²) < 4.78 is 4.98. The van der Waals surface area contributed by atoms with Gasteiger partial charge in [0.25, 0.3) is 0 Å². The summed E-state index contributed by atoms with van der Waals surface area (Å²) in [4.78, 5) is 6.82. The summed E-state index contributed by atoms with van der Waals surface area (Å²) >= 11 is 0. The zero-order chi connectivity index (χ0) is 29.7. The molecule has 7 aromatic rings. The maximum Gasteiger partial charge on any atom is 0.214 e. The van der Waals surface area contributed by atoms with Gasteiger partial charge in [0.05, 0.1) is 11.1 Å². The van der Waals surface area contributed by atoms with E-state index in [9.17, 15) is 0 Å². The van der Waals surface area contributed by atoms with Gasteiger partial charge in [-0.2, -0.15) is 9.13 Å². The van der Waals surface area contributed by atoms with Crippen LogP contribution in [0.5, 0.6) is 0 Å². The minimum atomic E-state index is 0.975. The van der Waals surface area contributed by atoms with E-state index in [1.165, 1.54) is 77.8 Å². The quantitative estimate of drug-likeness (QED) is 0.196. The number of pyridine rings is 2. The smallest absolute Gasteiger partial charge is 0.214 e. The molecule has 216 valence electrons. The molecule has 2 N–H and O–H groups in total. The molecule has 0 radical (unpaired) electrons. The molecule has 0 saturated heterocycles. The monoisotopic (exact) mass is 582 g/mol. The van der Waals surface area contributed by atoms with Gasteiger partial charge in [0.15, 0.2) is 12.7 Å². The van der Waals surface area contributed by atoms with Gasteiger partial charge in [0, 0.05) is 77.4 Å². The van der Waals surface area contributed by atoms with E-state index in [2.05, 4.69) is 153 Å². The molecule has 0 spiro atoms. The van der Waals surface area contributed by atoms with Crippen molar-refractivity contribution in [2.75, 3.05) is 0 Å². The molecule has 3 aromatic carbocycles. The summed E-state index contributed by atoms with van der Waals surface area (Å²) in [7, 11) is 0. The number of hydrogen-bond acceptors (Lipinski definition) is 0. The van der Waals surface area contributed by atoms with Gasteiger partial charge in [-0.3, -0.25) is 0 Å². The minimum absolute atomic E-state index is 0.975. The zero-order valence-electron chi connectivity index (χ0n) is 25.1. The Morgan fingerprint density at radius 1 is 0.578 bits per heavy atom. The van der Waals surface area contributed by atoms with Gasteiger partial charge >= 0.3 is 0 Å². The Balaban J connectivity index is 1.15. The molecular formula is C41H34N4+2. The highest BCUT2D eigenvalue weighted by Gasteiger charge is 2.33. The Morgan fingerprint density at radius 3 is 2.04 bits per heavy atom. The summed E-state index contributed by atoms with van der Waals surface area (Å²) in [5.41, 5.74) is 15.5. The van der Waals surface area contributed by atoms with Gasteiger partial charge in [0.2, 0.25) is 17.1 Å². The Kier molecular flexibility index (Phi) is 6.12. The van der Waals surface area contributed by atoms with E-state index < -0.39 is 0 Å². The fourth-order valence-corrected chi connectivity index (χ4v) is 7.42. The summed E-state index contributed by atoms with van der Waals surface area (Å²) in [5, 5.41) is 2.50. The number of rotatable bonds is 4. The third kappa shape index (κ3) is 4.44. The second kappa shape index (κ2) is 10.6. The first kappa shape index (κ1) is 26.0. The van der Waals surface area contributed by atoms with Crippen LogP contribution in [-0.4, -0.2) is 9.97 Å². The van der Waals surface area contributed by atoms with E-state index in [1.807, 2.05) is 0 Å². The number of aromatic amines is 2. The predicted molar refractivity (Wildman–Crippen MR) is 184 cm³/mol. The molecule has 9 rings (SSSR count). The van der Waals surface area contributed by atoms with Gasteiger partial charge in [-0.25, -0.2) is 0 Å². The van der Waals surface area contributed by atoms with Crippen LogP contribution in [0.15, 0.2) is 110 Å². The summed E-state index contributed by atoms with van der Waals surface area (Å²) in [5.74, 6) is 0. The van der Waals surface area contributed by atoms with E-state index in [0.717, 1.165) is 32.4 Å². The number of hydrogen-bond donors (Lipinski definition) is 2. The first-order valence-electron chi connectivity index (χ1n) is 16.0. The Bertz CT molecular complexity index is 2310. The molecule has 0 aliphatic carbocycles. The van der Waals surface area contributed by atoms with Crippen LogP contribution in [0.25, 0.3) is 68.6 Å². The number of nitrogens with one attached hydrogen (secondary N) is 2. The van der Waals surface area contributed by atoms with E-state index >= 15 is 0 Å². The number of aryl methyl sites for hydroxylation is 3. The van der Waals surface area contributed by atoms with E-state index in [1.54, 1.807) is 0 Å². The molecule has 2 aliphatic heterocycles. The van der Waals surface area contributed by atoms with Gasteiger partial charge in [-0.15, -0.1) is 0 Å². The summed E-state index contributed by atoms with van der Waals surface area (Å²) in [6, 6.07) is 33.2. The Hall–Kier alpha value is -5.48. The SMILES string of the molecule is C(=C\c1c[nH]c2ccccc12)/c1cc[n+]2c(c1)-c1c(ccc3c1-c1cccc(/C=C/c4c[nH]c5ccccc45)[n+]1CC3)CCC2. The Morgan fingerprint density at radius 2 is 1.27 bits per heavy atom. The van der Waals surface area contributed by atoms with Crippen LogP contribution in [0.4, 0.5) is 0 Å². The summed E-state index contributed by atoms with van der Waals surface area (Å²) in [6.07, 6.45) is 18.8. The average Bonchev–Trinajstić information content (AvgIpc) is 3.65. The highest BCUT2D eigenvalue weighted by molar-refractivity contribution is 5.93.